The van der Waals surface area contributed by atoms with Gasteiger partial charge in [0.25, 0.3) is 5.56 Å². The second-order valence-corrected chi connectivity index (χ2v) is 3.75. The number of nitrogens with zero attached hydrogens (tertiary/aromatic N) is 3. The number of hydrogen-bond acceptors (Lipinski definition) is 6. The minimum atomic E-state index is -0.376. The zero-order valence-electron chi connectivity index (χ0n) is 7.30. The maximum absolute atomic E-state index is 11.3. The van der Waals surface area contributed by atoms with Gasteiger partial charge >= 0.3 is 0 Å². The van der Waals surface area contributed by atoms with Crippen LogP contribution in [0.15, 0.2) is 32.8 Å². The smallest absolute Gasteiger partial charge is 0.279 e. The van der Waals surface area contributed by atoms with Gasteiger partial charge in [-0.3, -0.25) is 9.78 Å². The minimum absolute atomic E-state index is 0.166. The monoisotopic (exact) mass is 239 g/mol. The van der Waals surface area contributed by atoms with Crippen LogP contribution in [0.1, 0.15) is 0 Å². The molecular weight excluding hydrogens is 234 g/mol. The molecule has 6 nitrogen and oxygen atoms in total. The Hall–Kier alpha value is -1.67. The van der Waals surface area contributed by atoms with Crippen molar-refractivity contribution >= 4 is 34.4 Å². The summed E-state index contributed by atoms with van der Waals surface area (Å²) in [6.07, 6.45) is 3.01. The molecule has 0 aliphatic rings. The molecule has 0 saturated heterocycles. The molecule has 2 heterocycles. The van der Waals surface area contributed by atoms with Gasteiger partial charge in [-0.2, -0.15) is 0 Å². The van der Waals surface area contributed by atoms with Crippen molar-refractivity contribution in [3.63, 3.8) is 0 Å². The molecule has 2 aromatic heterocycles. The maximum atomic E-state index is 11.3. The first-order valence-electron chi connectivity index (χ1n) is 3.89. The molecule has 76 valence electrons. The van der Waals surface area contributed by atoms with Gasteiger partial charge in [-0.15, -0.1) is 21.6 Å². The van der Waals surface area contributed by atoms with Gasteiger partial charge in [0.1, 0.15) is 0 Å². The third-order valence-corrected chi connectivity index (χ3v) is 2.34. The minimum Gasteiger partial charge on any atom is -0.337 e. The van der Waals surface area contributed by atoms with Crippen LogP contribution in [0.4, 0.5) is 10.8 Å². The van der Waals surface area contributed by atoms with Crippen molar-refractivity contribution in [1.29, 1.82) is 0 Å². The molecule has 0 amide bonds. The Labute approximate surface area is 92.8 Å². The number of azo groups is 1. The van der Waals surface area contributed by atoms with E-state index in [1.807, 2.05) is 0 Å². The van der Waals surface area contributed by atoms with Crippen LogP contribution in [0.3, 0.4) is 0 Å². The highest BCUT2D eigenvalue weighted by Crippen LogP contribution is 2.16. The van der Waals surface area contributed by atoms with Gasteiger partial charge in [-0.25, -0.2) is 4.98 Å². The van der Waals surface area contributed by atoms with E-state index >= 15 is 0 Å². The van der Waals surface area contributed by atoms with Gasteiger partial charge in [0.05, 0.1) is 0 Å². The lowest BCUT2D eigenvalue weighted by molar-refractivity contribution is 1.05. The number of aromatic amines is 2. The second-order valence-electron chi connectivity index (χ2n) is 2.47. The molecule has 15 heavy (non-hydrogen) atoms. The van der Waals surface area contributed by atoms with Crippen LogP contribution in [0.2, 0.25) is 0 Å². The zero-order valence-corrected chi connectivity index (χ0v) is 8.93. The highest BCUT2D eigenvalue weighted by atomic mass is 32.1. The fraction of sp³-hybridized carbons (Fsp3) is 0. The van der Waals surface area contributed by atoms with E-state index in [2.05, 4.69) is 25.2 Å². The summed E-state index contributed by atoms with van der Waals surface area (Å²) < 4.78 is 0.258. The quantitative estimate of drug-likeness (QED) is 0.622. The summed E-state index contributed by atoms with van der Waals surface area (Å²) in [6, 6.07) is 0. The predicted molar refractivity (Wildman–Crippen MR) is 58.5 cm³/mol. The lowest BCUT2D eigenvalue weighted by Crippen LogP contribution is -2.05. The number of rotatable bonds is 2. The summed E-state index contributed by atoms with van der Waals surface area (Å²) in [5.41, 5.74) is -0.210. The van der Waals surface area contributed by atoms with E-state index < -0.39 is 0 Å². The van der Waals surface area contributed by atoms with Crippen LogP contribution in [0, 0.1) is 4.77 Å². The van der Waals surface area contributed by atoms with Gasteiger partial charge in [0, 0.05) is 17.8 Å². The molecule has 0 radical (unpaired) electrons. The van der Waals surface area contributed by atoms with Crippen LogP contribution in [0.5, 0.6) is 0 Å². The van der Waals surface area contributed by atoms with Crippen molar-refractivity contribution in [1.82, 2.24) is 15.0 Å². The number of hydrogen-bond donors (Lipinski definition) is 2. The van der Waals surface area contributed by atoms with Gasteiger partial charge < -0.3 is 4.98 Å². The van der Waals surface area contributed by atoms with Gasteiger partial charge in [0.2, 0.25) is 5.13 Å². The van der Waals surface area contributed by atoms with Crippen molar-refractivity contribution in [2.24, 2.45) is 10.2 Å². The highest BCUT2D eigenvalue weighted by Gasteiger charge is 1.97. The average Bonchev–Trinajstić information content (AvgIpc) is 2.69. The summed E-state index contributed by atoms with van der Waals surface area (Å²) in [5, 5.41) is 9.80. The molecule has 0 aromatic carbocycles. The summed E-state index contributed by atoms with van der Waals surface area (Å²) in [4.78, 5) is 20.2. The fourth-order valence-corrected chi connectivity index (χ4v) is 1.44. The molecule has 2 rings (SSSR count). The van der Waals surface area contributed by atoms with E-state index in [9.17, 15) is 4.79 Å². The molecule has 0 saturated carbocycles. The van der Waals surface area contributed by atoms with Crippen molar-refractivity contribution in [2.75, 3.05) is 0 Å². The second kappa shape index (κ2) is 4.24. The first-order valence-corrected chi connectivity index (χ1v) is 5.18. The van der Waals surface area contributed by atoms with Crippen LogP contribution >= 0.6 is 23.6 Å². The molecule has 0 spiro atoms. The van der Waals surface area contributed by atoms with E-state index in [1.54, 1.807) is 11.6 Å². The zero-order chi connectivity index (χ0) is 10.7. The van der Waals surface area contributed by atoms with Crippen molar-refractivity contribution in [3.8, 4) is 0 Å². The topological polar surface area (TPSA) is 86.3 Å². The van der Waals surface area contributed by atoms with E-state index in [0.717, 1.165) is 0 Å². The number of H-pyrrole nitrogens is 2. The number of nitrogens with one attached hydrogen (secondary N) is 2. The maximum Gasteiger partial charge on any atom is 0.279 e. The first-order chi connectivity index (χ1) is 7.25. The number of aromatic nitrogens is 3. The molecule has 2 N–H and O–H groups in total. The van der Waals surface area contributed by atoms with Gasteiger partial charge in [-0.05, 0) is 12.2 Å². The Morgan fingerprint density at radius 2 is 2.33 bits per heavy atom. The molecule has 0 unspecified atom stereocenters. The van der Waals surface area contributed by atoms with Crippen LogP contribution in [-0.4, -0.2) is 15.0 Å². The standard InChI is InChI=1S/C7H5N5OS2/c13-5-4(3-9-6(14)10-5)11-12-7-8-1-2-15-7/h1-3H,(H2,9,10,13,14). The normalized spacial score (nSPS) is 10.9. The van der Waals surface area contributed by atoms with Crippen LogP contribution in [0.25, 0.3) is 0 Å². The molecule has 0 aliphatic heterocycles. The molecule has 8 heteroatoms. The molecule has 0 aliphatic carbocycles. The fourth-order valence-electron chi connectivity index (χ4n) is 0.839. The third kappa shape index (κ3) is 2.42. The Morgan fingerprint density at radius 3 is 3.00 bits per heavy atom. The lowest BCUT2D eigenvalue weighted by Gasteiger charge is -1.89. The Balaban J connectivity index is 2.33. The Morgan fingerprint density at radius 1 is 1.47 bits per heavy atom. The third-order valence-electron chi connectivity index (χ3n) is 1.46. The summed E-state index contributed by atoms with van der Waals surface area (Å²) in [7, 11) is 0. The van der Waals surface area contributed by atoms with Crippen LogP contribution < -0.4 is 5.56 Å². The van der Waals surface area contributed by atoms with E-state index in [0.29, 0.717) is 5.13 Å². The van der Waals surface area contributed by atoms with Gasteiger partial charge in [0.15, 0.2) is 10.5 Å². The molecule has 0 atom stereocenters. The van der Waals surface area contributed by atoms with E-state index in [-0.39, 0.29) is 16.0 Å². The predicted octanol–water partition coefficient (Wildman–Crippen LogP) is 2.30. The largest absolute Gasteiger partial charge is 0.337 e. The molecule has 0 bridgehead atoms. The summed E-state index contributed by atoms with van der Waals surface area (Å²) >= 11 is 6.07. The average molecular weight is 239 g/mol. The Bertz CT molecular complexity index is 582. The lowest BCUT2D eigenvalue weighted by atomic mass is 10.5. The van der Waals surface area contributed by atoms with E-state index in [4.69, 9.17) is 12.2 Å². The highest BCUT2D eigenvalue weighted by molar-refractivity contribution is 7.71. The van der Waals surface area contributed by atoms with Crippen molar-refractivity contribution in [2.45, 2.75) is 0 Å². The molecule has 0 fully saturated rings. The van der Waals surface area contributed by atoms with Crippen LogP contribution in [-0.2, 0) is 0 Å². The van der Waals surface area contributed by atoms with Crippen molar-refractivity contribution < 1.29 is 0 Å². The van der Waals surface area contributed by atoms with Crippen molar-refractivity contribution in [3.05, 3.63) is 32.9 Å². The Kier molecular flexibility index (Phi) is 2.79. The number of thiazole rings is 1. The molecular formula is C7H5N5OS2. The van der Waals surface area contributed by atoms with Gasteiger partial charge in [-0.1, -0.05) is 0 Å². The molecule has 2 aromatic rings. The summed E-state index contributed by atoms with van der Waals surface area (Å²) in [5.74, 6) is 0. The SMILES string of the molecule is O=c1[nH]c(=S)[nH]cc1N=Nc1nccs1. The first kappa shape index (κ1) is 9.87. The summed E-state index contributed by atoms with van der Waals surface area (Å²) in [6.45, 7) is 0. The van der Waals surface area contributed by atoms with E-state index in [1.165, 1.54) is 17.5 Å².